The summed E-state index contributed by atoms with van der Waals surface area (Å²) in [5, 5.41) is 17.6. The number of carboxylic acid groups (broad SMARTS) is 1. The lowest BCUT2D eigenvalue weighted by Gasteiger charge is -2.08. The number of benzene rings is 1. The first kappa shape index (κ1) is 17.3. The molecule has 0 radical (unpaired) electrons. The molecule has 1 heterocycles. The number of ether oxygens (including phenoxy) is 1. The maximum atomic E-state index is 11.1. The Morgan fingerprint density at radius 3 is 2.91 bits per heavy atom. The minimum atomic E-state index is -0.986. The van der Waals surface area contributed by atoms with Crippen LogP contribution in [0, 0.1) is 0 Å². The van der Waals surface area contributed by atoms with Gasteiger partial charge in [0.05, 0.1) is 6.61 Å². The summed E-state index contributed by atoms with van der Waals surface area (Å²) in [6.07, 6.45) is 3.72. The fraction of sp³-hybridized carbons (Fsp3) is 0.438. The summed E-state index contributed by atoms with van der Waals surface area (Å²) in [6, 6.07) is 6.63. The first-order chi connectivity index (χ1) is 11.2. The van der Waals surface area contributed by atoms with Crippen molar-refractivity contribution in [1.29, 1.82) is 0 Å². The van der Waals surface area contributed by atoms with Crippen LogP contribution in [0.15, 0.2) is 33.9 Å². The molecule has 0 saturated heterocycles. The zero-order chi connectivity index (χ0) is 16.5. The molecule has 1 N–H and O–H groups in total. The van der Waals surface area contributed by atoms with Crippen LogP contribution < -0.4 is 4.74 Å². The number of aromatic nitrogens is 2. The number of hydrogen-bond donors (Lipinski definition) is 1. The highest BCUT2D eigenvalue weighted by molar-refractivity contribution is 7.99. The minimum absolute atomic E-state index is 0.178. The molecule has 0 aliphatic rings. The molecule has 0 saturated carbocycles. The van der Waals surface area contributed by atoms with Gasteiger partial charge in [0.15, 0.2) is 0 Å². The van der Waals surface area contributed by atoms with Crippen molar-refractivity contribution >= 4 is 17.7 Å². The van der Waals surface area contributed by atoms with Gasteiger partial charge in [0.1, 0.15) is 11.3 Å². The number of carboxylic acids is 1. The summed E-state index contributed by atoms with van der Waals surface area (Å²) in [7, 11) is 0. The summed E-state index contributed by atoms with van der Waals surface area (Å²) in [4.78, 5) is 11.1. The quantitative estimate of drug-likeness (QED) is 0.523. The Morgan fingerprint density at radius 2 is 2.13 bits per heavy atom. The van der Waals surface area contributed by atoms with Crippen LogP contribution in [0.4, 0.5) is 0 Å². The Labute approximate surface area is 139 Å². The van der Waals surface area contributed by atoms with Crippen molar-refractivity contribution in [2.75, 3.05) is 12.4 Å². The van der Waals surface area contributed by atoms with Gasteiger partial charge >= 0.3 is 5.97 Å². The van der Waals surface area contributed by atoms with E-state index in [9.17, 15) is 4.79 Å². The molecule has 1 aromatic heterocycles. The van der Waals surface area contributed by atoms with Crippen LogP contribution in [-0.2, 0) is 6.42 Å². The maximum absolute atomic E-state index is 11.1. The van der Waals surface area contributed by atoms with Crippen LogP contribution in [0.5, 0.6) is 5.75 Å². The zero-order valence-electron chi connectivity index (χ0n) is 13.0. The van der Waals surface area contributed by atoms with Gasteiger partial charge in [-0.25, -0.2) is 4.79 Å². The standard InChI is InChI=1S/C16H20N2O4S/c1-2-3-9-14-17-18-16(22-14)23-11-6-10-21-13-8-5-4-7-12(13)15(19)20/h4-5,7-8H,2-3,6,9-11H2,1H3,(H,19,20). The average molecular weight is 336 g/mol. The smallest absolute Gasteiger partial charge is 0.339 e. The average Bonchev–Trinajstić information content (AvgIpc) is 3.00. The van der Waals surface area contributed by atoms with E-state index in [1.54, 1.807) is 18.2 Å². The molecule has 0 fully saturated rings. The van der Waals surface area contributed by atoms with E-state index in [1.807, 2.05) is 0 Å². The van der Waals surface area contributed by atoms with Gasteiger partial charge in [0.2, 0.25) is 5.89 Å². The lowest BCUT2D eigenvalue weighted by molar-refractivity contribution is 0.0692. The molecule has 23 heavy (non-hydrogen) atoms. The second-order valence-corrected chi connectivity index (χ2v) is 5.96. The molecule has 2 aromatic rings. The SMILES string of the molecule is CCCCc1nnc(SCCCOc2ccccc2C(=O)O)o1. The van der Waals surface area contributed by atoms with Crippen LogP contribution in [-0.4, -0.2) is 33.6 Å². The molecule has 2 rings (SSSR count). The molecule has 0 aliphatic heterocycles. The highest BCUT2D eigenvalue weighted by Gasteiger charge is 2.10. The number of aryl methyl sites for hydroxylation is 1. The first-order valence-electron chi connectivity index (χ1n) is 7.61. The summed E-state index contributed by atoms with van der Waals surface area (Å²) < 4.78 is 11.1. The van der Waals surface area contributed by atoms with Crippen molar-refractivity contribution in [3.63, 3.8) is 0 Å². The van der Waals surface area contributed by atoms with Crippen LogP contribution in [0.2, 0.25) is 0 Å². The molecule has 0 bridgehead atoms. The monoisotopic (exact) mass is 336 g/mol. The van der Waals surface area contributed by atoms with Gasteiger partial charge in [-0.15, -0.1) is 10.2 Å². The van der Waals surface area contributed by atoms with E-state index < -0.39 is 5.97 Å². The summed E-state index contributed by atoms with van der Waals surface area (Å²) in [5.41, 5.74) is 0.178. The van der Waals surface area contributed by atoms with Crippen molar-refractivity contribution in [2.24, 2.45) is 0 Å². The minimum Gasteiger partial charge on any atom is -0.493 e. The highest BCUT2D eigenvalue weighted by Crippen LogP contribution is 2.20. The lowest BCUT2D eigenvalue weighted by atomic mass is 10.2. The number of hydrogen-bond acceptors (Lipinski definition) is 6. The number of rotatable bonds is 10. The van der Waals surface area contributed by atoms with Gasteiger partial charge in [0, 0.05) is 12.2 Å². The highest BCUT2D eigenvalue weighted by atomic mass is 32.2. The molecule has 0 aliphatic carbocycles. The van der Waals surface area contributed by atoms with Crippen LogP contribution in [0.1, 0.15) is 42.4 Å². The number of para-hydroxylation sites is 1. The predicted octanol–water partition coefficient (Wildman–Crippen LogP) is 3.67. The third-order valence-corrected chi connectivity index (χ3v) is 3.99. The Kier molecular flexibility index (Phi) is 6.93. The molecule has 6 nitrogen and oxygen atoms in total. The van der Waals surface area contributed by atoms with Crippen molar-refractivity contribution in [1.82, 2.24) is 10.2 Å². The van der Waals surface area contributed by atoms with Crippen LogP contribution in [0.3, 0.4) is 0 Å². The van der Waals surface area contributed by atoms with E-state index in [-0.39, 0.29) is 5.56 Å². The molecular formula is C16H20N2O4S. The van der Waals surface area contributed by atoms with E-state index in [4.69, 9.17) is 14.3 Å². The van der Waals surface area contributed by atoms with E-state index in [1.165, 1.54) is 17.8 Å². The first-order valence-corrected chi connectivity index (χ1v) is 8.59. The van der Waals surface area contributed by atoms with Crippen molar-refractivity contribution < 1.29 is 19.1 Å². The van der Waals surface area contributed by atoms with Crippen LogP contribution >= 0.6 is 11.8 Å². The normalized spacial score (nSPS) is 10.7. The molecule has 7 heteroatoms. The summed E-state index contributed by atoms with van der Waals surface area (Å²) >= 11 is 1.48. The van der Waals surface area contributed by atoms with Gasteiger partial charge in [0.25, 0.3) is 5.22 Å². The van der Waals surface area contributed by atoms with Gasteiger partial charge in [-0.2, -0.15) is 0 Å². The van der Waals surface area contributed by atoms with Gasteiger partial charge in [-0.05, 0) is 25.0 Å². The third kappa shape index (κ3) is 5.59. The van der Waals surface area contributed by atoms with E-state index in [2.05, 4.69) is 17.1 Å². The second-order valence-electron chi connectivity index (χ2n) is 4.92. The number of carbonyl (C=O) groups is 1. The Morgan fingerprint density at radius 1 is 1.30 bits per heavy atom. The van der Waals surface area contributed by atoms with E-state index >= 15 is 0 Å². The molecule has 0 atom stereocenters. The van der Waals surface area contributed by atoms with E-state index in [0.717, 1.165) is 31.4 Å². The molecule has 124 valence electrons. The number of nitrogens with zero attached hydrogens (tertiary/aromatic N) is 2. The fourth-order valence-electron chi connectivity index (χ4n) is 1.90. The summed E-state index contributed by atoms with van der Waals surface area (Å²) in [5.74, 6) is 0.857. The largest absolute Gasteiger partial charge is 0.493 e. The summed E-state index contributed by atoms with van der Waals surface area (Å²) in [6.45, 7) is 2.56. The molecule has 1 aromatic carbocycles. The molecule has 0 amide bonds. The fourth-order valence-corrected chi connectivity index (χ4v) is 2.59. The maximum Gasteiger partial charge on any atom is 0.339 e. The Balaban J connectivity index is 1.70. The van der Waals surface area contributed by atoms with Crippen molar-refractivity contribution in [2.45, 2.75) is 37.8 Å². The lowest BCUT2D eigenvalue weighted by Crippen LogP contribution is -2.04. The number of unbranched alkanes of at least 4 members (excludes halogenated alkanes) is 1. The molecule has 0 unspecified atom stereocenters. The van der Waals surface area contributed by atoms with Gasteiger partial charge < -0.3 is 14.3 Å². The Bertz CT molecular complexity index is 630. The zero-order valence-corrected chi connectivity index (χ0v) is 13.8. The predicted molar refractivity (Wildman–Crippen MR) is 87.1 cm³/mol. The topological polar surface area (TPSA) is 85.5 Å². The molecular weight excluding hydrogens is 316 g/mol. The van der Waals surface area contributed by atoms with Gasteiger partial charge in [-0.3, -0.25) is 0 Å². The molecule has 0 spiro atoms. The van der Waals surface area contributed by atoms with Gasteiger partial charge in [-0.1, -0.05) is 37.2 Å². The van der Waals surface area contributed by atoms with Crippen molar-refractivity contribution in [3.8, 4) is 5.75 Å². The number of thioether (sulfide) groups is 1. The van der Waals surface area contributed by atoms with Crippen LogP contribution in [0.25, 0.3) is 0 Å². The second kappa shape index (κ2) is 9.19. The third-order valence-electron chi connectivity index (χ3n) is 3.08. The number of aromatic carboxylic acids is 1. The Hall–Kier alpha value is -2.02. The van der Waals surface area contributed by atoms with E-state index in [0.29, 0.717) is 23.5 Å². The van der Waals surface area contributed by atoms with Crippen molar-refractivity contribution in [3.05, 3.63) is 35.7 Å².